The second-order valence-electron chi connectivity index (χ2n) is 6.04. The second-order valence-corrected chi connectivity index (χ2v) is 8.70. The molecule has 1 aliphatic rings. The number of carbonyl (C=O) groups excluding carboxylic acids is 1. The molecule has 1 aromatic carbocycles. The molecule has 1 saturated heterocycles. The van der Waals surface area contributed by atoms with Crippen molar-refractivity contribution in [1.29, 1.82) is 0 Å². The van der Waals surface area contributed by atoms with Crippen LogP contribution < -0.4 is 5.32 Å². The number of nitrogens with one attached hydrogen (secondary N) is 1. The van der Waals surface area contributed by atoms with Gasteiger partial charge in [0.15, 0.2) is 9.84 Å². The van der Waals surface area contributed by atoms with E-state index in [0.717, 1.165) is 10.9 Å². The van der Waals surface area contributed by atoms with Gasteiger partial charge in [0.25, 0.3) is 0 Å². The Bertz CT molecular complexity index is 829. The Hall–Kier alpha value is -1.53. The first-order valence-corrected chi connectivity index (χ1v) is 9.84. The number of carbonyl (C=O) groups is 1. The van der Waals surface area contributed by atoms with Crippen LogP contribution in [0.1, 0.15) is 12.8 Å². The molecule has 0 saturated carbocycles. The first-order valence-electron chi connectivity index (χ1n) is 7.64. The summed E-state index contributed by atoms with van der Waals surface area (Å²) in [6, 6.07) is 7.68. The van der Waals surface area contributed by atoms with Gasteiger partial charge in [0, 0.05) is 36.2 Å². The van der Waals surface area contributed by atoms with Crippen molar-refractivity contribution in [2.24, 2.45) is 5.92 Å². The Labute approximate surface area is 140 Å². The Kier molecular flexibility index (Phi) is 4.64. The van der Waals surface area contributed by atoms with Gasteiger partial charge in [0.1, 0.15) is 0 Å². The third kappa shape index (κ3) is 4.06. The number of nitrogens with zero attached hydrogens (tertiary/aromatic N) is 1. The van der Waals surface area contributed by atoms with Crippen LogP contribution in [0.25, 0.3) is 10.9 Å². The highest BCUT2D eigenvalue weighted by atomic mass is 35.5. The zero-order valence-electron chi connectivity index (χ0n) is 12.7. The average Bonchev–Trinajstić information content (AvgIpc) is 3.05. The molecule has 23 heavy (non-hydrogen) atoms. The van der Waals surface area contributed by atoms with Gasteiger partial charge in [-0.3, -0.25) is 4.79 Å². The van der Waals surface area contributed by atoms with Crippen molar-refractivity contribution in [3.63, 3.8) is 0 Å². The fourth-order valence-electron chi connectivity index (χ4n) is 2.95. The minimum Gasteiger partial charge on any atom is -0.356 e. The molecular formula is C16H19ClN2O3S. The van der Waals surface area contributed by atoms with E-state index in [-0.39, 0.29) is 23.3 Å². The Morgan fingerprint density at radius 2 is 2.17 bits per heavy atom. The predicted molar refractivity (Wildman–Crippen MR) is 91.3 cm³/mol. The zero-order chi connectivity index (χ0) is 16.4. The molecule has 1 atom stereocenters. The molecule has 1 aromatic heterocycles. The predicted octanol–water partition coefficient (Wildman–Crippen LogP) is 2.24. The van der Waals surface area contributed by atoms with Gasteiger partial charge < -0.3 is 9.88 Å². The fourth-order valence-corrected chi connectivity index (χ4v) is 4.98. The SMILES string of the molecule is O=C(CCn1ccc2ccc(Cl)cc21)NCC1CCS(=O)(=O)C1. The van der Waals surface area contributed by atoms with Crippen molar-refractivity contribution in [1.82, 2.24) is 9.88 Å². The number of hydrogen-bond donors (Lipinski definition) is 1. The molecule has 1 fully saturated rings. The maximum Gasteiger partial charge on any atom is 0.221 e. The summed E-state index contributed by atoms with van der Waals surface area (Å²) in [7, 11) is -2.89. The van der Waals surface area contributed by atoms with Crippen molar-refractivity contribution < 1.29 is 13.2 Å². The molecule has 1 unspecified atom stereocenters. The molecule has 0 spiro atoms. The van der Waals surface area contributed by atoms with Crippen molar-refractivity contribution in [2.45, 2.75) is 19.4 Å². The lowest BCUT2D eigenvalue weighted by atomic mass is 10.1. The average molecular weight is 355 g/mol. The molecule has 0 aliphatic carbocycles. The van der Waals surface area contributed by atoms with Crippen LogP contribution in [-0.2, 0) is 21.2 Å². The summed E-state index contributed by atoms with van der Waals surface area (Å²) < 4.78 is 24.8. The Morgan fingerprint density at radius 3 is 2.91 bits per heavy atom. The van der Waals surface area contributed by atoms with Crippen LogP contribution in [-0.4, -0.2) is 36.9 Å². The lowest BCUT2D eigenvalue weighted by molar-refractivity contribution is -0.121. The highest BCUT2D eigenvalue weighted by molar-refractivity contribution is 7.91. The molecule has 2 aromatic rings. The van der Waals surface area contributed by atoms with Gasteiger partial charge >= 0.3 is 0 Å². The van der Waals surface area contributed by atoms with Crippen LogP contribution in [0.3, 0.4) is 0 Å². The molecule has 0 radical (unpaired) electrons. The van der Waals surface area contributed by atoms with Crippen molar-refractivity contribution >= 4 is 38.2 Å². The fraction of sp³-hybridized carbons (Fsp3) is 0.438. The normalized spacial score (nSPS) is 20.0. The molecular weight excluding hydrogens is 336 g/mol. The summed E-state index contributed by atoms with van der Waals surface area (Å²) >= 11 is 6.01. The lowest BCUT2D eigenvalue weighted by Crippen LogP contribution is -2.30. The molecule has 5 nitrogen and oxygen atoms in total. The Morgan fingerprint density at radius 1 is 1.35 bits per heavy atom. The minimum atomic E-state index is -2.89. The summed E-state index contributed by atoms with van der Waals surface area (Å²) in [5.41, 5.74) is 1.01. The summed E-state index contributed by atoms with van der Waals surface area (Å²) in [5.74, 6) is 0.422. The van der Waals surface area contributed by atoms with Gasteiger partial charge in [-0.05, 0) is 35.9 Å². The van der Waals surface area contributed by atoms with Crippen LogP contribution >= 0.6 is 11.6 Å². The summed E-state index contributed by atoms with van der Waals surface area (Å²) in [6.07, 6.45) is 2.94. The smallest absolute Gasteiger partial charge is 0.221 e. The number of hydrogen-bond acceptors (Lipinski definition) is 3. The third-order valence-electron chi connectivity index (χ3n) is 4.23. The molecule has 124 valence electrons. The summed E-state index contributed by atoms with van der Waals surface area (Å²) in [5, 5.41) is 4.60. The highest BCUT2D eigenvalue weighted by Gasteiger charge is 2.27. The molecule has 2 heterocycles. The van der Waals surface area contributed by atoms with Gasteiger partial charge in [-0.25, -0.2) is 8.42 Å². The van der Waals surface area contributed by atoms with E-state index in [1.165, 1.54) is 0 Å². The van der Waals surface area contributed by atoms with E-state index in [1.807, 2.05) is 35.0 Å². The molecule has 1 aliphatic heterocycles. The van der Waals surface area contributed by atoms with Crippen LogP contribution in [0.5, 0.6) is 0 Å². The number of aromatic nitrogens is 1. The van der Waals surface area contributed by atoms with E-state index >= 15 is 0 Å². The van der Waals surface area contributed by atoms with E-state index in [9.17, 15) is 13.2 Å². The van der Waals surface area contributed by atoms with Gasteiger partial charge in [0.2, 0.25) is 5.91 Å². The highest BCUT2D eigenvalue weighted by Crippen LogP contribution is 2.21. The van der Waals surface area contributed by atoms with Crippen molar-refractivity contribution in [3.05, 3.63) is 35.5 Å². The van der Waals surface area contributed by atoms with Crippen LogP contribution in [0.4, 0.5) is 0 Å². The quantitative estimate of drug-likeness (QED) is 0.895. The van der Waals surface area contributed by atoms with E-state index in [2.05, 4.69) is 5.32 Å². The number of fused-ring (bicyclic) bond motifs is 1. The number of rotatable bonds is 5. The van der Waals surface area contributed by atoms with Gasteiger partial charge in [-0.15, -0.1) is 0 Å². The van der Waals surface area contributed by atoms with E-state index in [1.54, 1.807) is 0 Å². The Balaban J connectivity index is 1.51. The standard InChI is InChI=1S/C16H19ClN2O3S/c17-14-2-1-13-3-6-19(15(13)9-14)7-4-16(20)18-10-12-5-8-23(21,22)11-12/h1-3,6,9,12H,4-5,7-8,10-11H2,(H,18,20). The summed E-state index contributed by atoms with van der Waals surface area (Å²) in [4.78, 5) is 12.0. The topological polar surface area (TPSA) is 68.2 Å². The van der Waals surface area contributed by atoms with Gasteiger partial charge in [-0.2, -0.15) is 0 Å². The van der Waals surface area contributed by atoms with Crippen LogP contribution in [0.15, 0.2) is 30.5 Å². The first-order chi connectivity index (χ1) is 10.9. The monoisotopic (exact) mass is 354 g/mol. The number of benzene rings is 1. The minimum absolute atomic E-state index is 0.0511. The molecule has 1 amide bonds. The number of halogens is 1. The summed E-state index contributed by atoms with van der Waals surface area (Å²) in [6.45, 7) is 1.01. The van der Waals surface area contributed by atoms with E-state index in [4.69, 9.17) is 11.6 Å². The van der Waals surface area contributed by atoms with Crippen LogP contribution in [0, 0.1) is 5.92 Å². The number of aryl methyl sites for hydroxylation is 1. The maximum absolute atomic E-state index is 12.0. The molecule has 1 N–H and O–H groups in total. The number of sulfone groups is 1. The van der Waals surface area contributed by atoms with Gasteiger partial charge in [0.05, 0.1) is 11.5 Å². The molecule has 7 heteroatoms. The third-order valence-corrected chi connectivity index (χ3v) is 6.30. The van der Waals surface area contributed by atoms with Crippen LogP contribution in [0.2, 0.25) is 5.02 Å². The van der Waals surface area contributed by atoms with Crippen molar-refractivity contribution in [3.8, 4) is 0 Å². The van der Waals surface area contributed by atoms with E-state index in [0.29, 0.717) is 31.0 Å². The molecule has 3 rings (SSSR count). The first kappa shape index (κ1) is 16.3. The number of amides is 1. The molecule has 0 bridgehead atoms. The second kappa shape index (κ2) is 6.53. The van der Waals surface area contributed by atoms with Crippen molar-refractivity contribution in [2.75, 3.05) is 18.1 Å². The van der Waals surface area contributed by atoms with E-state index < -0.39 is 9.84 Å². The largest absolute Gasteiger partial charge is 0.356 e. The lowest BCUT2D eigenvalue weighted by Gasteiger charge is -2.10. The van der Waals surface area contributed by atoms with Gasteiger partial charge in [-0.1, -0.05) is 17.7 Å². The zero-order valence-corrected chi connectivity index (χ0v) is 14.2. The maximum atomic E-state index is 12.0.